The number of primary amides is 1. The van der Waals surface area contributed by atoms with E-state index in [9.17, 15) is 4.79 Å². The lowest BCUT2D eigenvalue weighted by molar-refractivity contribution is 0.100. The molecule has 0 bridgehead atoms. The number of amides is 1. The van der Waals surface area contributed by atoms with Crippen molar-refractivity contribution in [3.63, 3.8) is 0 Å². The Bertz CT molecular complexity index is 731. The molecule has 110 valence electrons. The molecule has 0 spiro atoms. The van der Waals surface area contributed by atoms with Crippen molar-refractivity contribution in [3.8, 4) is 6.07 Å². The third kappa shape index (κ3) is 3.00. The first kappa shape index (κ1) is 14.3. The summed E-state index contributed by atoms with van der Waals surface area (Å²) >= 11 is 0. The van der Waals surface area contributed by atoms with E-state index in [1.165, 1.54) is 5.56 Å². The molecule has 4 nitrogen and oxygen atoms in total. The van der Waals surface area contributed by atoms with Gasteiger partial charge in [-0.3, -0.25) is 4.79 Å². The number of benzene rings is 2. The highest BCUT2D eigenvalue weighted by molar-refractivity contribution is 5.92. The highest BCUT2D eigenvalue weighted by Gasteiger charge is 2.37. The van der Waals surface area contributed by atoms with Crippen LogP contribution in [0.4, 0.5) is 0 Å². The van der Waals surface area contributed by atoms with E-state index in [1.807, 2.05) is 36.4 Å². The van der Waals surface area contributed by atoms with Gasteiger partial charge in [-0.15, -0.1) is 0 Å². The van der Waals surface area contributed by atoms with Crippen LogP contribution in [-0.4, -0.2) is 11.9 Å². The molecule has 3 N–H and O–H groups in total. The summed E-state index contributed by atoms with van der Waals surface area (Å²) in [7, 11) is 0. The molecule has 0 aliphatic heterocycles. The van der Waals surface area contributed by atoms with Crippen LogP contribution < -0.4 is 11.1 Å². The number of nitriles is 1. The molecule has 22 heavy (non-hydrogen) atoms. The molecule has 2 atom stereocenters. The maximum absolute atomic E-state index is 11.1. The molecule has 0 heterocycles. The number of carbonyl (C=O) groups is 1. The summed E-state index contributed by atoms with van der Waals surface area (Å²) in [6.45, 7) is 0.699. The van der Waals surface area contributed by atoms with Gasteiger partial charge in [-0.2, -0.15) is 5.26 Å². The van der Waals surface area contributed by atoms with Gasteiger partial charge in [0, 0.05) is 24.1 Å². The first-order valence-corrected chi connectivity index (χ1v) is 7.30. The Hall–Kier alpha value is -2.64. The van der Waals surface area contributed by atoms with Crippen LogP contribution in [-0.2, 0) is 6.54 Å². The van der Waals surface area contributed by atoms with Crippen LogP contribution in [0.2, 0.25) is 0 Å². The van der Waals surface area contributed by atoms with Crippen molar-refractivity contribution < 1.29 is 4.79 Å². The molecule has 1 saturated carbocycles. The molecule has 0 aromatic heterocycles. The van der Waals surface area contributed by atoms with E-state index in [0.29, 0.717) is 24.1 Å². The zero-order valence-electron chi connectivity index (χ0n) is 12.1. The number of carbonyl (C=O) groups excluding carboxylic acids is 1. The van der Waals surface area contributed by atoms with Crippen LogP contribution in [0.15, 0.2) is 48.5 Å². The van der Waals surface area contributed by atoms with Gasteiger partial charge in [0.2, 0.25) is 5.91 Å². The lowest BCUT2D eigenvalue weighted by Gasteiger charge is -2.06. The fraction of sp³-hybridized carbons (Fsp3) is 0.222. The summed E-state index contributed by atoms with van der Waals surface area (Å²) in [4.78, 5) is 11.1. The van der Waals surface area contributed by atoms with E-state index in [1.54, 1.807) is 12.1 Å². The summed E-state index contributed by atoms with van der Waals surface area (Å²) < 4.78 is 0. The minimum absolute atomic E-state index is 0.398. The Labute approximate surface area is 129 Å². The molecule has 1 aliphatic carbocycles. The van der Waals surface area contributed by atoms with E-state index in [4.69, 9.17) is 11.0 Å². The number of hydrogen-bond donors (Lipinski definition) is 2. The minimum Gasteiger partial charge on any atom is -0.366 e. The largest absolute Gasteiger partial charge is 0.366 e. The van der Waals surface area contributed by atoms with Gasteiger partial charge in [-0.25, -0.2) is 0 Å². The number of nitrogens with two attached hydrogens (primary N) is 1. The van der Waals surface area contributed by atoms with Crippen LogP contribution in [0, 0.1) is 11.3 Å². The van der Waals surface area contributed by atoms with Crippen molar-refractivity contribution in [2.75, 3.05) is 0 Å². The van der Waals surface area contributed by atoms with Crippen molar-refractivity contribution in [1.82, 2.24) is 5.32 Å². The number of nitrogens with one attached hydrogen (secondary N) is 1. The second-order valence-corrected chi connectivity index (χ2v) is 5.58. The second-order valence-electron chi connectivity index (χ2n) is 5.58. The van der Waals surface area contributed by atoms with Gasteiger partial charge in [-0.1, -0.05) is 30.3 Å². The number of hydrogen-bond acceptors (Lipinski definition) is 3. The minimum atomic E-state index is -0.398. The Balaban J connectivity index is 1.59. The SMILES string of the molecule is N#Cc1ccccc1CNC1CC1c1ccc(C(N)=O)cc1. The summed E-state index contributed by atoms with van der Waals surface area (Å²) in [6, 6.07) is 17.8. The van der Waals surface area contributed by atoms with Gasteiger partial charge < -0.3 is 11.1 Å². The van der Waals surface area contributed by atoms with Crippen LogP contribution in [0.5, 0.6) is 0 Å². The van der Waals surface area contributed by atoms with Crippen LogP contribution in [0.3, 0.4) is 0 Å². The molecular weight excluding hydrogens is 274 g/mol. The predicted molar refractivity (Wildman–Crippen MR) is 84.1 cm³/mol. The molecule has 2 aromatic carbocycles. The normalized spacial score (nSPS) is 19.4. The van der Waals surface area contributed by atoms with E-state index in [2.05, 4.69) is 11.4 Å². The van der Waals surface area contributed by atoms with E-state index in [0.717, 1.165) is 17.5 Å². The van der Waals surface area contributed by atoms with E-state index < -0.39 is 5.91 Å². The van der Waals surface area contributed by atoms with Crippen molar-refractivity contribution >= 4 is 5.91 Å². The Morgan fingerprint density at radius 3 is 2.64 bits per heavy atom. The zero-order valence-corrected chi connectivity index (χ0v) is 12.1. The van der Waals surface area contributed by atoms with Crippen molar-refractivity contribution in [3.05, 3.63) is 70.8 Å². The summed E-state index contributed by atoms with van der Waals surface area (Å²) in [5, 5.41) is 12.6. The van der Waals surface area contributed by atoms with Crippen molar-refractivity contribution in [1.29, 1.82) is 5.26 Å². The molecule has 0 radical (unpaired) electrons. The first-order chi connectivity index (χ1) is 10.7. The van der Waals surface area contributed by atoms with Crippen molar-refractivity contribution in [2.24, 2.45) is 5.73 Å². The maximum Gasteiger partial charge on any atom is 0.248 e. The van der Waals surface area contributed by atoms with Gasteiger partial charge in [0.15, 0.2) is 0 Å². The fourth-order valence-corrected chi connectivity index (χ4v) is 2.71. The van der Waals surface area contributed by atoms with Gasteiger partial charge in [-0.05, 0) is 35.7 Å². The van der Waals surface area contributed by atoms with Gasteiger partial charge >= 0.3 is 0 Å². The van der Waals surface area contributed by atoms with Gasteiger partial charge in [0.1, 0.15) is 0 Å². The average molecular weight is 291 g/mol. The molecule has 4 heteroatoms. The highest BCUT2D eigenvalue weighted by Crippen LogP contribution is 2.41. The van der Waals surface area contributed by atoms with Gasteiger partial charge in [0.25, 0.3) is 0 Å². The van der Waals surface area contributed by atoms with Crippen molar-refractivity contribution in [2.45, 2.75) is 24.9 Å². The molecular formula is C18H17N3O. The topological polar surface area (TPSA) is 78.9 Å². The Kier molecular flexibility index (Phi) is 3.90. The lowest BCUT2D eigenvalue weighted by Crippen LogP contribution is -2.18. The van der Waals surface area contributed by atoms with E-state index >= 15 is 0 Å². The standard InChI is InChI=1S/C18H17N3O/c19-10-14-3-1-2-4-15(14)11-21-17-9-16(17)12-5-7-13(8-6-12)18(20)22/h1-8,16-17,21H,9,11H2,(H2,20,22). The third-order valence-corrected chi connectivity index (χ3v) is 4.11. The van der Waals surface area contributed by atoms with Crippen LogP contribution in [0.25, 0.3) is 0 Å². The molecule has 1 aliphatic rings. The van der Waals surface area contributed by atoms with Crippen LogP contribution >= 0.6 is 0 Å². The quantitative estimate of drug-likeness (QED) is 0.887. The predicted octanol–water partition coefficient (Wildman–Crippen LogP) is 2.30. The monoisotopic (exact) mass is 291 g/mol. The average Bonchev–Trinajstić information content (AvgIpc) is 3.33. The molecule has 0 saturated heterocycles. The first-order valence-electron chi connectivity index (χ1n) is 7.30. The van der Waals surface area contributed by atoms with Gasteiger partial charge in [0.05, 0.1) is 11.6 Å². The summed E-state index contributed by atoms with van der Waals surface area (Å²) in [5.41, 5.74) is 8.75. The number of nitrogens with zero attached hydrogens (tertiary/aromatic N) is 1. The number of rotatable bonds is 5. The lowest BCUT2D eigenvalue weighted by atomic mass is 10.1. The smallest absolute Gasteiger partial charge is 0.248 e. The zero-order chi connectivity index (χ0) is 15.5. The third-order valence-electron chi connectivity index (χ3n) is 4.11. The molecule has 1 fully saturated rings. The Morgan fingerprint density at radius 2 is 1.95 bits per heavy atom. The highest BCUT2D eigenvalue weighted by atomic mass is 16.1. The fourth-order valence-electron chi connectivity index (χ4n) is 2.71. The molecule has 1 amide bonds. The summed E-state index contributed by atoms with van der Waals surface area (Å²) in [5.74, 6) is 0.0707. The molecule has 2 aromatic rings. The molecule has 2 unspecified atom stereocenters. The summed E-state index contributed by atoms with van der Waals surface area (Å²) in [6.07, 6.45) is 1.07. The van der Waals surface area contributed by atoms with Crippen LogP contribution in [0.1, 0.15) is 39.4 Å². The maximum atomic E-state index is 11.1. The Morgan fingerprint density at radius 1 is 1.23 bits per heavy atom. The second kappa shape index (κ2) is 6.00. The van der Waals surface area contributed by atoms with E-state index in [-0.39, 0.29) is 0 Å². The molecule has 3 rings (SSSR count).